The second-order valence-corrected chi connectivity index (χ2v) is 16.0. The SMILES string of the molecule is O=C1CCC(N2C(=O)c3cccc(NCCCCN4CCN(C(=O)Cc5ccc(Nc6ncc(F)c(Nc7ccc(C(=O)Nc8ccccc8Cl)cc7)n6)cc5)CC4)c3C2=O)C(=O)N1. The Bertz CT molecular complexity index is 2610. The molecule has 16 nitrogen and oxygen atoms in total. The number of nitrogens with zero attached hydrogens (tertiary/aromatic N) is 5. The molecule has 1 unspecified atom stereocenters. The highest BCUT2D eigenvalue weighted by molar-refractivity contribution is 6.34. The summed E-state index contributed by atoms with van der Waals surface area (Å²) in [6.07, 6.45) is 3.16. The normalized spacial score (nSPS) is 16.3. The molecular formula is C46H44ClFN10O6. The number of aromatic nitrogens is 2. The van der Waals surface area contributed by atoms with Crippen molar-refractivity contribution in [3.05, 3.63) is 130 Å². The first kappa shape index (κ1) is 43.4. The number of carbonyl (C=O) groups excluding carboxylic acids is 6. The van der Waals surface area contributed by atoms with Gasteiger partial charge in [0.05, 0.1) is 34.5 Å². The zero-order valence-corrected chi connectivity index (χ0v) is 35.3. The third-order valence-corrected chi connectivity index (χ3v) is 11.6. The Hall–Kier alpha value is -7.24. The number of amides is 6. The van der Waals surface area contributed by atoms with E-state index < -0.39 is 35.5 Å². The van der Waals surface area contributed by atoms with E-state index in [-0.39, 0.29) is 54.0 Å². The van der Waals surface area contributed by atoms with Gasteiger partial charge in [-0.2, -0.15) is 4.98 Å². The van der Waals surface area contributed by atoms with Gasteiger partial charge in [0.25, 0.3) is 17.7 Å². The minimum atomic E-state index is -1.01. The summed E-state index contributed by atoms with van der Waals surface area (Å²) in [4.78, 5) is 90.0. The molecular weight excluding hydrogens is 843 g/mol. The standard InChI is InChI=1S/C46H44ClFN10O6/c47-33-7-1-2-8-35(33)53-42(61)29-12-16-30(17-13-29)51-41-34(48)27-50-46(55-41)52-31-14-10-28(11-15-31)26-39(60)57-24-22-56(23-25-57)21-4-3-20-49-36-9-5-6-32-40(36)45(64)58(44(32)63)37-18-19-38(59)54-43(37)62/h1-2,5-17,27,37,49H,3-4,18-26H2,(H,53,61)(H,54,59,62)(H2,50,51,52,55). The zero-order valence-electron chi connectivity index (χ0n) is 34.5. The summed E-state index contributed by atoms with van der Waals surface area (Å²) in [6, 6.07) is 24.7. The Labute approximate surface area is 372 Å². The number of unbranched alkanes of at least 4 members (excludes halogenated alkanes) is 1. The van der Waals surface area contributed by atoms with Gasteiger partial charge in [-0.1, -0.05) is 41.9 Å². The molecule has 3 aliphatic rings. The molecule has 5 N–H and O–H groups in total. The molecule has 0 bridgehead atoms. The highest BCUT2D eigenvalue weighted by Gasteiger charge is 2.45. The Morgan fingerprint density at radius 3 is 2.28 bits per heavy atom. The second-order valence-electron chi connectivity index (χ2n) is 15.6. The van der Waals surface area contributed by atoms with Crippen molar-refractivity contribution >= 4 is 81.6 Å². The van der Waals surface area contributed by atoms with Gasteiger partial charge >= 0.3 is 0 Å². The molecule has 0 aliphatic carbocycles. The van der Waals surface area contributed by atoms with Gasteiger partial charge in [0.1, 0.15) is 6.04 Å². The molecule has 2 saturated heterocycles. The van der Waals surface area contributed by atoms with Gasteiger partial charge < -0.3 is 26.2 Å². The fraction of sp³-hybridized carbons (Fsp3) is 0.261. The molecule has 0 spiro atoms. The zero-order chi connectivity index (χ0) is 44.7. The lowest BCUT2D eigenvalue weighted by Crippen LogP contribution is -2.54. The Morgan fingerprint density at radius 2 is 1.53 bits per heavy atom. The molecule has 4 aromatic carbocycles. The van der Waals surface area contributed by atoms with Crippen LogP contribution < -0.4 is 26.6 Å². The summed E-state index contributed by atoms with van der Waals surface area (Å²) in [5.74, 6) is -3.00. The minimum Gasteiger partial charge on any atom is -0.384 e. The van der Waals surface area contributed by atoms with Crippen molar-refractivity contribution in [2.24, 2.45) is 0 Å². The van der Waals surface area contributed by atoms with Crippen LogP contribution in [-0.2, 0) is 20.8 Å². The third kappa shape index (κ3) is 10.0. The summed E-state index contributed by atoms with van der Waals surface area (Å²) in [6.45, 7) is 4.16. The van der Waals surface area contributed by atoms with Crippen LogP contribution in [-0.4, -0.2) is 105 Å². The van der Waals surface area contributed by atoms with E-state index >= 15 is 0 Å². The summed E-state index contributed by atoms with van der Waals surface area (Å²) in [5.41, 5.74) is 3.90. The Balaban J connectivity index is 0.748. The van der Waals surface area contributed by atoms with Gasteiger partial charge in [0.15, 0.2) is 11.6 Å². The van der Waals surface area contributed by atoms with Crippen molar-refractivity contribution in [1.29, 1.82) is 0 Å². The molecule has 0 saturated carbocycles. The van der Waals surface area contributed by atoms with Crippen LogP contribution in [0.3, 0.4) is 0 Å². The van der Waals surface area contributed by atoms with Gasteiger partial charge in [-0.15, -0.1) is 0 Å². The lowest BCUT2D eigenvalue weighted by atomic mass is 10.0. The van der Waals surface area contributed by atoms with Crippen LogP contribution in [0.15, 0.2) is 97.2 Å². The van der Waals surface area contributed by atoms with E-state index in [1.165, 1.54) is 0 Å². The van der Waals surface area contributed by atoms with Gasteiger partial charge in [-0.05, 0) is 92.0 Å². The highest BCUT2D eigenvalue weighted by Crippen LogP contribution is 2.32. The monoisotopic (exact) mass is 886 g/mol. The summed E-state index contributed by atoms with van der Waals surface area (Å²) < 4.78 is 14.7. The summed E-state index contributed by atoms with van der Waals surface area (Å²) >= 11 is 6.15. The molecule has 8 rings (SSSR count). The maximum Gasteiger partial charge on any atom is 0.264 e. The highest BCUT2D eigenvalue weighted by atomic mass is 35.5. The first-order chi connectivity index (χ1) is 31.0. The fourth-order valence-electron chi connectivity index (χ4n) is 7.80. The number of imide groups is 2. The van der Waals surface area contributed by atoms with E-state index in [9.17, 15) is 33.2 Å². The smallest absolute Gasteiger partial charge is 0.264 e. The Morgan fingerprint density at radius 1 is 0.812 bits per heavy atom. The van der Waals surface area contributed by atoms with Gasteiger partial charge in [0, 0.05) is 61.8 Å². The van der Waals surface area contributed by atoms with E-state index in [0.717, 1.165) is 49.1 Å². The van der Waals surface area contributed by atoms with Crippen LogP contribution in [0.4, 0.5) is 38.9 Å². The molecule has 3 aliphatic heterocycles. The summed E-state index contributed by atoms with van der Waals surface area (Å²) in [7, 11) is 0. The predicted octanol–water partition coefficient (Wildman–Crippen LogP) is 5.99. The van der Waals surface area contributed by atoms with Crippen LogP contribution in [0.25, 0.3) is 0 Å². The first-order valence-electron chi connectivity index (χ1n) is 20.9. The van der Waals surface area contributed by atoms with E-state index in [0.29, 0.717) is 53.0 Å². The number of piperidine rings is 1. The molecule has 6 amide bonds. The Kier molecular flexibility index (Phi) is 13.2. The quantitative estimate of drug-likeness (QED) is 0.0610. The van der Waals surface area contributed by atoms with Gasteiger partial charge in [-0.3, -0.25) is 43.9 Å². The molecule has 1 atom stereocenters. The van der Waals surface area contributed by atoms with Crippen LogP contribution >= 0.6 is 11.6 Å². The molecule has 4 heterocycles. The molecule has 64 heavy (non-hydrogen) atoms. The largest absolute Gasteiger partial charge is 0.384 e. The summed E-state index contributed by atoms with van der Waals surface area (Å²) in [5, 5.41) is 14.7. The number of anilines is 6. The lowest BCUT2D eigenvalue weighted by molar-refractivity contribution is -0.136. The predicted molar refractivity (Wildman–Crippen MR) is 238 cm³/mol. The van der Waals surface area contributed by atoms with Crippen LogP contribution in [0.2, 0.25) is 5.02 Å². The van der Waals surface area contributed by atoms with Crippen LogP contribution in [0.5, 0.6) is 0 Å². The molecule has 5 aromatic rings. The minimum absolute atomic E-state index is 0.0380. The first-order valence-corrected chi connectivity index (χ1v) is 21.3. The van der Waals surface area contributed by atoms with Crippen molar-refractivity contribution in [3.63, 3.8) is 0 Å². The molecule has 18 heteroatoms. The van der Waals surface area contributed by atoms with Crippen molar-refractivity contribution in [1.82, 2.24) is 30.0 Å². The molecule has 1 aromatic heterocycles. The van der Waals surface area contributed by atoms with Crippen LogP contribution in [0, 0.1) is 5.82 Å². The van der Waals surface area contributed by atoms with Crippen molar-refractivity contribution < 1.29 is 33.2 Å². The number of hydrogen-bond acceptors (Lipinski definition) is 12. The number of halogens is 2. The average Bonchev–Trinajstić information content (AvgIpc) is 3.55. The number of piperazine rings is 1. The van der Waals surface area contributed by atoms with Crippen LogP contribution in [0.1, 0.15) is 62.3 Å². The second kappa shape index (κ2) is 19.4. The van der Waals surface area contributed by atoms with E-state index in [1.807, 2.05) is 17.0 Å². The van der Waals surface area contributed by atoms with Crippen molar-refractivity contribution in [2.75, 3.05) is 60.5 Å². The number of nitrogens with one attached hydrogen (secondary N) is 5. The maximum absolute atomic E-state index is 14.7. The fourth-order valence-corrected chi connectivity index (χ4v) is 7.98. The number of rotatable bonds is 15. The number of fused-ring (bicyclic) bond motifs is 1. The third-order valence-electron chi connectivity index (χ3n) is 11.3. The topological polar surface area (TPSA) is 198 Å². The van der Waals surface area contributed by atoms with E-state index in [4.69, 9.17) is 11.6 Å². The van der Waals surface area contributed by atoms with Crippen molar-refractivity contribution in [3.8, 4) is 0 Å². The molecule has 2 fully saturated rings. The number of para-hydroxylation sites is 1. The number of carbonyl (C=O) groups is 6. The molecule has 328 valence electrons. The van der Waals surface area contributed by atoms with E-state index in [1.54, 1.807) is 78.9 Å². The number of benzene rings is 4. The van der Waals surface area contributed by atoms with E-state index in [2.05, 4.69) is 41.5 Å². The average molecular weight is 887 g/mol. The van der Waals surface area contributed by atoms with Gasteiger partial charge in [-0.25, -0.2) is 9.37 Å². The maximum atomic E-state index is 14.7. The lowest BCUT2D eigenvalue weighted by Gasteiger charge is -2.34. The van der Waals surface area contributed by atoms with Gasteiger partial charge in [0.2, 0.25) is 23.7 Å². The van der Waals surface area contributed by atoms with Crippen molar-refractivity contribution in [2.45, 2.75) is 38.1 Å². The number of hydrogen-bond donors (Lipinski definition) is 5. The molecule has 0 radical (unpaired) electrons.